The molecule has 0 amide bonds. The molecule has 0 spiro atoms. The molecular weight excluding hydrogens is 411 g/mol. The van der Waals surface area contributed by atoms with Crippen LogP contribution in [-0.4, -0.2) is 48.4 Å². The van der Waals surface area contributed by atoms with E-state index in [0.29, 0.717) is 0 Å². The summed E-state index contributed by atoms with van der Waals surface area (Å²) in [7, 11) is 0. The molecule has 0 rings (SSSR count). The van der Waals surface area contributed by atoms with E-state index in [2.05, 4.69) is 4.74 Å². The largest absolute Gasteiger partial charge is 0.463 e. The van der Waals surface area contributed by atoms with Crippen LogP contribution < -0.4 is 0 Å². The van der Waals surface area contributed by atoms with Crippen molar-refractivity contribution in [3.63, 3.8) is 0 Å². The molecule has 0 aliphatic carbocycles. The number of esters is 1. The van der Waals surface area contributed by atoms with Crippen LogP contribution in [0.15, 0.2) is 12.2 Å². The highest BCUT2D eigenvalue weighted by atomic mass is 19.4. The molecule has 0 unspecified atom stereocenters. The SMILES string of the molecule is CCOC(=O)/C=C/C(F)(F)C(F)(F)C(F)(F)C(F)(F)C(F)(F)C(F)(F)F. The van der Waals surface area contributed by atoms with Crippen molar-refractivity contribution < 1.29 is 66.6 Å². The number of carbonyl (C=O) groups excluding carboxylic acids is 1. The van der Waals surface area contributed by atoms with E-state index >= 15 is 0 Å². The van der Waals surface area contributed by atoms with E-state index in [-0.39, 0.29) is 0 Å². The predicted molar refractivity (Wildman–Crippen MR) is 56.6 cm³/mol. The Kier molecular flexibility index (Phi) is 6.35. The zero-order valence-corrected chi connectivity index (χ0v) is 12.1. The summed E-state index contributed by atoms with van der Waals surface area (Å²) in [6.07, 6.45) is -9.47. The van der Waals surface area contributed by atoms with Gasteiger partial charge in [0.25, 0.3) is 0 Å². The molecule has 0 N–H and O–H groups in total. The summed E-state index contributed by atoms with van der Waals surface area (Å²) >= 11 is 0. The van der Waals surface area contributed by atoms with Crippen LogP contribution in [0.1, 0.15) is 6.92 Å². The Hall–Kier alpha value is -1.70. The minimum atomic E-state index is -7.97. The molecule has 26 heavy (non-hydrogen) atoms. The molecule has 0 aromatic heterocycles. The lowest BCUT2D eigenvalue weighted by atomic mass is 9.94. The average Bonchev–Trinajstić information content (AvgIpc) is 2.43. The van der Waals surface area contributed by atoms with Crippen LogP contribution >= 0.6 is 0 Å². The van der Waals surface area contributed by atoms with Crippen molar-refractivity contribution in [1.29, 1.82) is 0 Å². The maximum atomic E-state index is 13.1. The number of halogens is 13. The lowest BCUT2D eigenvalue weighted by Gasteiger charge is -2.39. The van der Waals surface area contributed by atoms with Gasteiger partial charge in [0.15, 0.2) is 0 Å². The fraction of sp³-hybridized carbons (Fsp3) is 0.727. The van der Waals surface area contributed by atoms with Gasteiger partial charge >= 0.3 is 41.8 Å². The molecule has 0 atom stereocenters. The van der Waals surface area contributed by atoms with Crippen LogP contribution in [0, 0.1) is 0 Å². The molecule has 0 heterocycles. The fourth-order valence-corrected chi connectivity index (χ4v) is 1.25. The van der Waals surface area contributed by atoms with E-state index in [9.17, 15) is 61.9 Å². The monoisotopic (exact) mass is 418 g/mol. The Morgan fingerprint density at radius 2 is 1.12 bits per heavy atom. The van der Waals surface area contributed by atoms with E-state index in [4.69, 9.17) is 0 Å². The number of hydrogen-bond acceptors (Lipinski definition) is 2. The first-order chi connectivity index (χ1) is 11.2. The first-order valence-corrected chi connectivity index (χ1v) is 6.02. The molecule has 0 radical (unpaired) electrons. The van der Waals surface area contributed by atoms with Gasteiger partial charge in [0.05, 0.1) is 6.61 Å². The summed E-state index contributed by atoms with van der Waals surface area (Å²) in [6.45, 7) is 0.573. The van der Waals surface area contributed by atoms with Gasteiger partial charge in [0.2, 0.25) is 0 Å². The molecule has 154 valence electrons. The maximum Gasteiger partial charge on any atom is 0.460 e. The third-order valence-electron chi connectivity index (χ3n) is 2.67. The fourth-order valence-electron chi connectivity index (χ4n) is 1.25. The summed E-state index contributed by atoms with van der Waals surface area (Å²) in [5.41, 5.74) is 0. The molecule has 0 bridgehead atoms. The van der Waals surface area contributed by atoms with Crippen molar-refractivity contribution in [2.24, 2.45) is 0 Å². The summed E-state index contributed by atoms with van der Waals surface area (Å²) in [4.78, 5) is 10.7. The molecule has 0 fully saturated rings. The summed E-state index contributed by atoms with van der Waals surface area (Å²) in [5, 5.41) is 0. The second-order valence-corrected chi connectivity index (χ2v) is 4.50. The van der Waals surface area contributed by atoms with Gasteiger partial charge in [-0.15, -0.1) is 0 Å². The van der Waals surface area contributed by atoms with Crippen LogP contribution in [0.25, 0.3) is 0 Å². The normalized spacial score (nSPS) is 15.5. The number of rotatable bonds is 7. The van der Waals surface area contributed by atoms with Gasteiger partial charge < -0.3 is 4.74 Å². The van der Waals surface area contributed by atoms with Crippen molar-refractivity contribution in [2.75, 3.05) is 6.61 Å². The summed E-state index contributed by atoms with van der Waals surface area (Å²) in [5.74, 6) is -39.4. The Balaban J connectivity index is 6.12. The zero-order chi connectivity index (χ0) is 21.4. The van der Waals surface area contributed by atoms with Gasteiger partial charge in [-0.3, -0.25) is 0 Å². The third-order valence-corrected chi connectivity index (χ3v) is 2.67. The van der Waals surface area contributed by atoms with Crippen LogP contribution in [0.2, 0.25) is 0 Å². The molecule has 0 aromatic carbocycles. The number of carbonyl (C=O) groups is 1. The Labute approximate surface area is 135 Å². The van der Waals surface area contributed by atoms with Crippen LogP contribution in [0.4, 0.5) is 57.1 Å². The minimum Gasteiger partial charge on any atom is -0.463 e. The first-order valence-electron chi connectivity index (χ1n) is 6.02. The van der Waals surface area contributed by atoms with Gasteiger partial charge in [0.1, 0.15) is 0 Å². The van der Waals surface area contributed by atoms with E-state index in [1.807, 2.05) is 0 Å². The van der Waals surface area contributed by atoms with Crippen molar-refractivity contribution in [3.8, 4) is 0 Å². The molecular formula is C11H7F13O2. The molecule has 0 saturated carbocycles. The van der Waals surface area contributed by atoms with E-state index < -0.39 is 60.5 Å². The number of alkyl halides is 13. The highest BCUT2D eigenvalue weighted by Crippen LogP contribution is 2.60. The van der Waals surface area contributed by atoms with Crippen molar-refractivity contribution in [3.05, 3.63) is 12.2 Å². The molecule has 0 aliphatic rings. The summed E-state index contributed by atoms with van der Waals surface area (Å²) < 4.78 is 169. The predicted octanol–water partition coefficient (Wildman–Crippen LogP) is 4.84. The molecule has 0 saturated heterocycles. The second kappa shape index (κ2) is 6.79. The van der Waals surface area contributed by atoms with Gasteiger partial charge in [-0.1, -0.05) is 0 Å². The molecule has 0 aliphatic heterocycles. The van der Waals surface area contributed by atoms with E-state index in [0.717, 1.165) is 6.92 Å². The van der Waals surface area contributed by atoms with Crippen molar-refractivity contribution in [1.82, 2.24) is 0 Å². The Morgan fingerprint density at radius 3 is 1.46 bits per heavy atom. The van der Waals surface area contributed by atoms with Crippen LogP contribution in [-0.2, 0) is 9.53 Å². The average molecular weight is 418 g/mol. The highest BCUT2D eigenvalue weighted by molar-refractivity contribution is 5.82. The minimum absolute atomic E-state index is 0.517. The number of allylic oxidation sites excluding steroid dienone is 1. The Bertz CT molecular complexity index is 547. The maximum absolute atomic E-state index is 13.1. The van der Waals surface area contributed by atoms with E-state index in [1.165, 1.54) is 0 Å². The molecule has 2 nitrogen and oxygen atoms in total. The lowest BCUT2D eigenvalue weighted by Crippen LogP contribution is -2.69. The van der Waals surface area contributed by atoms with Gasteiger partial charge in [-0.05, 0) is 13.0 Å². The number of hydrogen-bond donors (Lipinski definition) is 0. The molecule has 0 aromatic rings. The lowest BCUT2D eigenvalue weighted by molar-refractivity contribution is -0.436. The van der Waals surface area contributed by atoms with Gasteiger partial charge in [-0.25, -0.2) is 4.79 Å². The summed E-state index contributed by atoms with van der Waals surface area (Å²) in [6, 6.07) is 0. The first kappa shape index (κ1) is 24.3. The van der Waals surface area contributed by atoms with Gasteiger partial charge in [0, 0.05) is 6.08 Å². The Morgan fingerprint density at radius 1 is 0.731 bits per heavy atom. The van der Waals surface area contributed by atoms with Crippen molar-refractivity contribution in [2.45, 2.75) is 42.7 Å². The molecule has 15 heteroatoms. The van der Waals surface area contributed by atoms with Crippen LogP contribution in [0.5, 0.6) is 0 Å². The van der Waals surface area contributed by atoms with E-state index in [1.54, 1.807) is 0 Å². The number of ether oxygens (including phenoxy) is 1. The third kappa shape index (κ3) is 3.70. The van der Waals surface area contributed by atoms with Crippen molar-refractivity contribution >= 4 is 5.97 Å². The smallest absolute Gasteiger partial charge is 0.460 e. The quantitative estimate of drug-likeness (QED) is 0.336. The highest BCUT2D eigenvalue weighted by Gasteiger charge is 2.90. The second-order valence-electron chi connectivity index (χ2n) is 4.50. The standard InChI is InChI=1S/C11H7F13O2/c1-2-26-5(25)3-4-6(12,13)7(14,15)8(16,17)9(18,19)10(20,21)11(22,23)24/h3-4H,2H2,1H3/b4-3+. The van der Waals surface area contributed by atoms with Gasteiger partial charge in [-0.2, -0.15) is 57.1 Å². The topological polar surface area (TPSA) is 26.3 Å². The van der Waals surface area contributed by atoms with Crippen LogP contribution in [0.3, 0.4) is 0 Å². The zero-order valence-electron chi connectivity index (χ0n) is 12.1.